The average molecular weight is 383 g/mol. The van der Waals surface area contributed by atoms with Gasteiger partial charge in [-0.25, -0.2) is 8.42 Å². The summed E-state index contributed by atoms with van der Waals surface area (Å²) in [6, 6.07) is 8.00. The van der Waals surface area contributed by atoms with Crippen LogP contribution in [0.5, 0.6) is 0 Å². The molecule has 1 aromatic heterocycles. The third-order valence-electron chi connectivity index (χ3n) is 2.27. The largest absolute Gasteiger partial charge is 0.391 e. The van der Waals surface area contributed by atoms with Gasteiger partial charge >= 0.3 is 0 Å². The van der Waals surface area contributed by atoms with Crippen molar-refractivity contribution in [1.29, 1.82) is 0 Å². The summed E-state index contributed by atoms with van der Waals surface area (Å²) in [5.74, 6) is 0. The lowest BCUT2D eigenvalue weighted by molar-refractivity contribution is 0.285. The van der Waals surface area contributed by atoms with Crippen LogP contribution in [0.2, 0.25) is 5.02 Å². The molecule has 0 amide bonds. The van der Waals surface area contributed by atoms with Crippen LogP contribution in [-0.2, 0) is 16.6 Å². The molecule has 0 aliphatic rings. The van der Waals surface area contributed by atoms with Gasteiger partial charge in [0.2, 0.25) is 0 Å². The molecule has 0 radical (unpaired) electrons. The van der Waals surface area contributed by atoms with Gasteiger partial charge in [-0.2, -0.15) is 0 Å². The van der Waals surface area contributed by atoms with E-state index in [4.69, 9.17) is 16.7 Å². The summed E-state index contributed by atoms with van der Waals surface area (Å²) >= 11 is 10.3. The Bertz CT molecular complexity index is 700. The first kappa shape index (κ1) is 14.8. The Morgan fingerprint density at radius 3 is 2.63 bits per heavy atom. The van der Waals surface area contributed by atoms with Crippen molar-refractivity contribution in [1.82, 2.24) is 0 Å². The summed E-state index contributed by atoms with van der Waals surface area (Å²) in [5.41, 5.74) is 0.313. The number of anilines is 1. The van der Waals surface area contributed by atoms with Gasteiger partial charge in [0.05, 0.1) is 21.1 Å². The number of halogens is 2. The minimum Gasteiger partial charge on any atom is -0.391 e. The monoisotopic (exact) mass is 381 g/mol. The second-order valence-corrected chi connectivity index (χ2v) is 8.11. The Kier molecular flexibility index (Phi) is 4.52. The number of para-hydroxylation sites is 1. The van der Waals surface area contributed by atoms with Crippen LogP contribution in [0.4, 0.5) is 5.69 Å². The fraction of sp³-hybridized carbons (Fsp3) is 0.0909. The first-order valence-corrected chi connectivity index (χ1v) is 8.57. The van der Waals surface area contributed by atoms with E-state index in [0.717, 1.165) is 0 Å². The van der Waals surface area contributed by atoms with Gasteiger partial charge in [-0.05, 0) is 34.1 Å². The number of hydrogen-bond donors (Lipinski definition) is 2. The van der Waals surface area contributed by atoms with E-state index in [1.807, 2.05) is 0 Å². The van der Waals surface area contributed by atoms with E-state index in [1.165, 1.54) is 17.4 Å². The first-order valence-electron chi connectivity index (χ1n) is 5.10. The normalized spacial score (nSPS) is 11.5. The number of nitrogens with one attached hydrogen (secondary N) is 1. The Hall–Kier alpha value is -0.600. The quantitative estimate of drug-likeness (QED) is 0.851. The van der Waals surface area contributed by atoms with E-state index in [2.05, 4.69) is 20.7 Å². The highest BCUT2D eigenvalue weighted by molar-refractivity contribution is 9.11. The van der Waals surface area contributed by atoms with Gasteiger partial charge in [-0.3, -0.25) is 4.72 Å². The van der Waals surface area contributed by atoms with Crippen molar-refractivity contribution in [2.24, 2.45) is 0 Å². The van der Waals surface area contributed by atoms with E-state index < -0.39 is 10.0 Å². The molecule has 102 valence electrons. The number of aliphatic hydroxyl groups is 1. The number of sulfonamides is 1. The lowest BCUT2D eigenvalue weighted by Crippen LogP contribution is -2.12. The van der Waals surface area contributed by atoms with Crippen molar-refractivity contribution in [3.63, 3.8) is 0 Å². The van der Waals surface area contributed by atoms with E-state index >= 15 is 0 Å². The number of hydrogen-bond acceptors (Lipinski definition) is 4. The molecule has 0 aliphatic heterocycles. The summed E-state index contributed by atoms with van der Waals surface area (Å²) in [5, 5.41) is 9.35. The Balaban J connectivity index is 2.38. The van der Waals surface area contributed by atoms with Gasteiger partial charge in [-0.15, -0.1) is 11.3 Å². The van der Waals surface area contributed by atoms with Gasteiger partial charge in [-0.1, -0.05) is 23.7 Å². The van der Waals surface area contributed by atoms with Gasteiger partial charge in [0.15, 0.2) is 0 Å². The van der Waals surface area contributed by atoms with Crippen molar-refractivity contribution in [3.05, 3.63) is 44.0 Å². The van der Waals surface area contributed by atoms with Gasteiger partial charge in [0, 0.05) is 4.88 Å². The molecule has 0 fully saturated rings. The van der Waals surface area contributed by atoms with Crippen LogP contribution >= 0.6 is 38.9 Å². The van der Waals surface area contributed by atoms with Crippen molar-refractivity contribution in [2.75, 3.05) is 4.72 Å². The maximum absolute atomic E-state index is 12.2. The van der Waals surface area contributed by atoms with Gasteiger partial charge in [0.25, 0.3) is 10.0 Å². The SMILES string of the molecule is O=S(=O)(Nc1ccccc1Cl)c1cc(CO)sc1Br. The Morgan fingerprint density at radius 2 is 2.05 bits per heavy atom. The lowest BCUT2D eigenvalue weighted by atomic mass is 10.3. The Morgan fingerprint density at radius 1 is 1.37 bits per heavy atom. The van der Waals surface area contributed by atoms with Gasteiger partial charge in [0.1, 0.15) is 4.90 Å². The molecular weight excluding hydrogens is 374 g/mol. The summed E-state index contributed by atoms with van der Waals surface area (Å²) in [6.07, 6.45) is 0. The molecule has 2 aromatic rings. The highest BCUT2D eigenvalue weighted by Gasteiger charge is 2.21. The van der Waals surface area contributed by atoms with Crippen molar-refractivity contribution in [3.8, 4) is 0 Å². The highest BCUT2D eigenvalue weighted by Crippen LogP contribution is 2.33. The molecule has 0 unspecified atom stereocenters. The topological polar surface area (TPSA) is 66.4 Å². The van der Waals surface area contributed by atoms with E-state index in [9.17, 15) is 8.42 Å². The second-order valence-electron chi connectivity index (χ2n) is 3.59. The fourth-order valence-corrected chi connectivity index (χ4v) is 5.27. The predicted octanol–water partition coefficient (Wildman–Crippen LogP) is 3.46. The van der Waals surface area contributed by atoms with Crippen LogP contribution in [0.3, 0.4) is 0 Å². The second kappa shape index (κ2) is 5.80. The summed E-state index contributed by atoms with van der Waals surface area (Å²) in [4.78, 5) is 0.646. The van der Waals surface area contributed by atoms with Gasteiger partial charge < -0.3 is 5.11 Å². The molecular formula is C11H9BrClNO3S2. The number of rotatable bonds is 4. The molecule has 1 heterocycles. The molecule has 19 heavy (non-hydrogen) atoms. The molecule has 2 rings (SSSR count). The molecule has 2 N–H and O–H groups in total. The Labute approximate surface area is 128 Å². The predicted molar refractivity (Wildman–Crippen MR) is 80.2 cm³/mol. The third-order valence-corrected chi connectivity index (χ3v) is 6.20. The van der Waals surface area contributed by atoms with E-state index in [-0.39, 0.29) is 11.5 Å². The lowest BCUT2D eigenvalue weighted by Gasteiger charge is -2.08. The maximum atomic E-state index is 12.2. The number of aliphatic hydroxyl groups excluding tert-OH is 1. The van der Waals surface area contributed by atoms with Crippen molar-refractivity contribution < 1.29 is 13.5 Å². The summed E-state index contributed by atoms with van der Waals surface area (Å²) < 4.78 is 27.3. The van der Waals surface area contributed by atoms with E-state index in [1.54, 1.807) is 24.3 Å². The average Bonchev–Trinajstić information content (AvgIpc) is 2.74. The summed E-state index contributed by atoms with van der Waals surface area (Å²) in [6.45, 7) is -0.203. The summed E-state index contributed by atoms with van der Waals surface area (Å²) in [7, 11) is -3.74. The van der Waals surface area contributed by atoms with Crippen LogP contribution < -0.4 is 4.72 Å². The van der Waals surface area contributed by atoms with Crippen LogP contribution in [-0.4, -0.2) is 13.5 Å². The molecule has 0 spiro atoms. The minimum absolute atomic E-state index is 0.0847. The third kappa shape index (κ3) is 3.29. The minimum atomic E-state index is -3.74. The van der Waals surface area contributed by atoms with E-state index in [0.29, 0.717) is 19.4 Å². The number of thiophene rings is 1. The van der Waals surface area contributed by atoms with Crippen LogP contribution in [0.25, 0.3) is 0 Å². The molecule has 8 heteroatoms. The molecule has 0 saturated carbocycles. The molecule has 0 aliphatic carbocycles. The smallest absolute Gasteiger partial charge is 0.263 e. The highest BCUT2D eigenvalue weighted by atomic mass is 79.9. The fourth-order valence-electron chi connectivity index (χ4n) is 1.40. The standard InChI is InChI=1S/C11H9BrClNO3S2/c12-11-10(5-7(6-15)18-11)19(16,17)14-9-4-2-1-3-8(9)13/h1-5,14-15H,6H2. The molecule has 0 saturated heterocycles. The number of benzene rings is 1. The molecule has 0 atom stereocenters. The first-order chi connectivity index (χ1) is 8.94. The zero-order chi connectivity index (χ0) is 14.0. The van der Waals surface area contributed by atoms with Crippen molar-refractivity contribution >= 4 is 54.6 Å². The zero-order valence-electron chi connectivity index (χ0n) is 9.43. The van der Waals surface area contributed by atoms with Crippen LogP contribution in [0.1, 0.15) is 4.88 Å². The van der Waals surface area contributed by atoms with Crippen molar-refractivity contribution in [2.45, 2.75) is 11.5 Å². The maximum Gasteiger partial charge on any atom is 0.263 e. The van der Waals surface area contributed by atoms with Crippen LogP contribution in [0, 0.1) is 0 Å². The molecule has 4 nitrogen and oxygen atoms in total. The van der Waals surface area contributed by atoms with Crippen LogP contribution in [0.15, 0.2) is 39.0 Å². The molecule has 1 aromatic carbocycles. The zero-order valence-corrected chi connectivity index (χ0v) is 13.4. The molecule has 0 bridgehead atoms.